The molecule has 25 heavy (non-hydrogen) atoms. The molecule has 0 aliphatic rings. The van der Waals surface area contributed by atoms with Crippen molar-refractivity contribution in [2.75, 3.05) is 34.3 Å². The Morgan fingerprint density at radius 2 is 2.04 bits per heavy atom. The van der Waals surface area contributed by atoms with Crippen molar-refractivity contribution in [1.82, 2.24) is 14.8 Å². The van der Waals surface area contributed by atoms with Gasteiger partial charge in [-0.25, -0.2) is 0 Å². The Kier molecular flexibility index (Phi) is 4.78. The van der Waals surface area contributed by atoms with Gasteiger partial charge >= 0.3 is 0 Å². The van der Waals surface area contributed by atoms with Crippen molar-refractivity contribution >= 4 is 38.2 Å². The third-order valence-electron chi connectivity index (χ3n) is 4.15. The normalized spacial score (nSPS) is 11.4. The monoisotopic (exact) mass is 359 g/mol. The second-order valence-corrected chi connectivity index (χ2v) is 7.13. The van der Waals surface area contributed by atoms with Gasteiger partial charge in [-0.3, -0.25) is 9.59 Å². The maximum Gasteiger partial charge on any atom is 0.265 e. The average Bonchev–Trinajstić information content (AvgIpc) is 2.99. The topological polar surface area (TPSA) is 63.6 Å². The van der Waals surface area contributed by atoms with Gasteiger partial charge in [-0.05, 0) is 20.2 Å². The Morgan fingerprint density at radius 1 is 1.32 bits per heavy atom. The zero-order valence-electron chi connectivity index (χ0n) is 14.8. The Hall–Kier alpha value is -2.38. The minimum Gasteiger partial charge on any atom is -0.494 e. The maximum atomic E-state index is 12.8. The van der Waals surface area contributed by atoms with Crippen LogP contribution in [0.2, 0.25) is 0 Å². The van der Waals surface area contributed by atoms with Crippen LogP contribution in [0.5, 0.6) is 5.75 Å². The van der Waals surface area contributed by atoms with Crippen LogP contribution in [0.15, 0.2) is 29.1 Å². The molecule has 2 heterocycles. The molecule has 0 radical (unpaired) electrons. The minimum absolute atomic E-state index is 0.158. The first kappa shape index (κ1) is 17.4. The second kappa shape index (κ2) is 6.85. The van der Waals surface area contributed by atoms with E-state index in [1.54, 1.807) is 11.6 Å². The highest BCUT2D eigenvalue weighted by molar-refractivity contribution is 7.22. The standard InChI is InChI=1S/C18H21N3O3S/c1-20(2)10-9-19-17(22)16-14(24-4)13-15(25-16)11-7-5-6-8-12(11)21(3)18(13)23/h5-8H,9-10H2,1-4H3,(H,19,22). The summed E-state index contributed by atoms with van der Waals surface area (Å²) in [6.45, 7) is 1.27. The van der Waals surface area contributed by atoms with Crippen molar-refractivity contribution in [2.45, 2.75) is 0 Å². The zero-order valence-corrected chi connectivity index (χ0v) is 15.6. The second-order valence-electron chi connectivity index (χ2n) is 6.11. The quantitative estimate of drug-likeness (QED) is 0.757. The van der Waals surface area contributed by atoms with Crippen LogP contribution in [0.3, 0.4) is 0 Å². The first-order valence-electron chi connectivity index (χ1n) is 7.96. The highest BCUT2D eigenvalue weighted by Crippen LogP contribution is 2.39. The van der Waals surface area contributed by atoms with E-state index in [2.05, 4.69) is 5.32 Å². The lowest BCUT2D eigenvalue weighted by molar-refractivity contribution is 0.0952. The number of thiophene rings is 1. The zero-order chi connectivity index (χ0) is 18.1. The van der Waals surface area contributed by atoms with Gasteiger partial charge < -0.3 is 19.5 Å². The lowest BCUT2D eigenvalue weighted by Crippen LogP contribution is -2.31. The van der Waals surface area contributed by atoms with Crippen molar-refractivity contribution < 1.29 is 9.53 Å². The summed E-state index contributed by atoms with van der Waals surface area (Å²) in [5, 5.41) is 4.29. The molecule has 0 unspecified atom stereocenters. The number of ether oxygens (including phenoxy) is 1. The van der Waals surface area contributed by atoms with Crippen molar-refractivity contribution in [3.8, 4) is 5.75 Å². The Bertz CT molecular complexity index is 1000. The molecule has 3 rings (SSSR count). The van der Waals surface area contributed by atoms with Gasteiger partial charge in [0, 0.05) is 25.5 Å². The summed E-state index contributed by atoms with van der Waals surface area (Å²) in [7, 11) is 7.12. The molecule has 1 amide bonds. The number of carbonyl (C=O) groups is 1. The minimum atomic E-state index is -0.217. The highest BCUT2D eigenvalue weighted by Gasteiger charge is 2.23. The molecule has 0 aliphatic carbocycles. The number of hydrogen-bond donors (Lipinski definition) is 1. The number of likely N-dealkylation sites (N-methyl/N-ethyl adjacent to an activating group) is 1. The summed E-state index contributed by atoms with van der Waals surface area (Å²) < 4.78 is 7.84. The van der Waals surface area contributed by atoms with Crippen molar-refractivity contribution in [1.29, 1.82) is 0 Å². The number of nitrogens with zero attached hydrogens (tertiary/aromatic N) is 2. The van der Waals surface area contributed by atoms with E-state index in [0.29, 0.717) is 22.6 Å². The molecular weight excluding hydrogens is 338 g/mol. The van der Waals surface area contributed by atoms with Gasteiger partial charge in [0.15, 0.2) is 5.75 Å². The smallest absolute Gasteiger partial charge is 0.265 e. The number of hydrogen-bond acceptors (Lipinski definition) is 5. The average molecular weight is 359 g/mol. The fraction of sp³-hybridized carbons (Fsp3) is 0.333. The molecule has 0 spiro atoms. The summed E-state index contributed by atoms with van der Waals surface area (Å²) in [4.78, 5) is 27.8. The van der Waals surface area contributed by atoms with E-state index in [1.807, 2.05) is 43.3 Å². The van der Waals surface area contributed by atoms with Crippen molar-refractivity contribution in [3.63, 3.8) is 0 Å². The molecule has 2 aromatic heterocycles. The lowest BCUT2D eigenvalue weighted by atomic mass is 10.1. The van der Waals surface area contributed by atoms with Crippen LogP contribution in [0.1, 0.15) is 9.67 Å². The molecule has 3 aromatic rings. The van der Waals surface area contributed by atoms with Crippen LogP contribution < -0.4 is 15.6 Å². The molecule has 0 bridgehead atoms. The van der Waals surface area contributed by atoms with Gasteiger partial charge in [0.25, 0.3) is 11.5 Å². The largest absolute Gasteiger partial charge is 0.494 e. The fourth-order valence-electron chi connectivity index (χ4n) is 2.85. The third-order valence-corrected chi connectivity index (χ3v) is 5.35. The fourth-order valence-corrected chi connectivity index (χ4v) is 4.06. The first-order valence-corrected chi connectivity index (χ1v) is 8.78. The summed E-state index contributed by atoms with van der Waals surface area (Å²) in [6.07, 6.45) is 0. The molecule has 1 aromatic carbocycles. The number of aryl methyl sites for hydroxylation is 1. The Balaban J connectivity index is 2.18. The number of para-hydroxylation sites is 1. The number of carbonyl (C=O) groups excluding carboxylic acids is 1. The van der Waals surface area contributed by atoms with E-state index < -0.39 is 0 Å². The van der Waals surface area contributed by atoms with Crippen molar-refractivity contribution in [2.24, 2.45) is 7.05 Å². The van der Waals surface area contributed by atoms with E-state index >= 15 is 0 Å². The lowest BCUT2D eigenvalue weighted by Gasteiger charge is -2.10. The number of fused-ring (bicyclic) bond motifs is 3. The number of rotatable bonds is 5. The molecule has 1 N–H and O–H groups in total. The molecule has 132 valence electrons. The van der Waals surface area contributed by atoms with E-state index in [9.17, 15) is 9.59 Å². The van der Waals surface area contributed by atoms with Gasteiger partial charge in [0.1, 0.15) is 10.3 Å². The number of nitrogens with one attached hydrogen (secondary N) is 1. The molecular formula is C18H21N3O3S. The SMILES string of the molecule is COc1c(C(=O)NCCN(C)C)sc2c1c(=O)n(C)c1ccccc21. The summed E-state index contributed by atoms with van der Waals surface area (Å²) in [5.74, 6) is 0.139. The summed E-state index contributed by atoms with van der Waals surface area (Å²) in [5.41, 5.74) is 0.678. The molecule has 0 atom stereocenters. The van der Waals surface area contributed by atoms with E-state index in [0.717, 1.165) is 22.1 Å². The van der Waals surface area contributed by atoms with Gasteiger partial charge in [-0.2, -0.15) is 0 Å². The third kappa shape index (κ3) is 3.01. The Labute approximate surface area is 149 Å². The molecule has 6 nitrogen and oxygen atoms in total. The number of pyridine rings is 1. The molecule has 0 saturated carbocycles. The predicted octanol–water partition coefficient (Wildman–Crippen LogP) is 2.05. The van der Waals surface area contributed by atoms with E-state index in [4.69, 9.17) is 4.74 Å². The highest BCUT2D eigenvalue weighted by atomic mass is 32.1. The van der Waals surface area contributed by atoms with Gasteiger partial charge in [-0.1, -0.05) is 18.2 Å². The number of amides is 1. The van der Waals surface area contributed by atoms with Crippen LogP contribution in [0.25, 0.3) is 21.0 Å². The molecule has 0 aliphatic heterocycles. The van der Waals surface area contributed by atoms with Gasteiger partial charge in [-0.15, -0.1) is 11.3 Å². The van der Waals surface area contributed by atoms with E-state index in [-0.39, 0.29) is 11.5 Å². The Morgan fingerprint density at radius 3 is 2.72 bits per heavy atom. The molecule has 0 fully saturated rings. The number of benzene rings is 1. The van der Waals surface area contributed by atoms with Crippen LogP contribution in [-0.2, 0) is 7.05 Å². The molecule has 7 heteroatoms. The number of methoxy groups -OCH3 is 1. The molecule has 0 saturated heterocycles. The van der Waals surface area contributed by atoms with Crippen LogP contribution in [0.4, 0.5) is 0 Å². The summed E-state index contributed by atoms with van der Waals surface area (Å²) in [6, 6.07) is 7.68. The predicted molar refractivity (Wildman–Crippen MR) is 102 cm³/mol. The maximum absolute atomic E-state index is 12.8. The summed E-state index contributed by atoms with van der Waals surface area (Å²) >= 11 is 1.30. The number of aromatic nitrogens is 1. The van der Waals surface area contributed by atoms with Gasteiger partial charge in [0.2, 0.25) is 0 Å². The van der Waals surface area contributed by atoms with Crippen LogP contribution in [-0.4, -0.2) is 49.7 Å². The van der Waals surface area contributed by atoms with Crippen LogP contribution in [0, 0.1) is 0 Å². The van der Waals surface area contributed by atoms with E-state index in [1.165, 1.54) is 18.4 Å². The van der Waals surface area contributed by atoms with Crippen LogP contribution >= 0.6 is 11.3 Å². The van der Waals surface area contributed by atoms with Crippen molar-refractivity contribution in [3.05, 3.63) is 39.5 Å². The first-order chi connectivity index (χ1) is 12.0. The van der Waals surface area contributed by atoms with Gasteiger partial charge in [0.05, 0.1) is 17.3 Å².